The van der Waals surface area contributed by atoms with E-state index in [2.05, 4.69) is 0 Å². The van der Waals surface area contributed by atoms with E-state index in [9.17, 15) is 33.3 Å². The van der Waals surface area contributed by atoms with Crippen molar-refractivity contribution in [3.8, 4) is 6.07 Å². The third kappa shape index (κ3) is 4.58. The molecule has 7 nitrogen and oxygen atoms in total. The maximum atomic E-state index is 14.1. The molecule has 0 amide bonds. The number of ketones is 1. The Morgan fingerprint density at radius 3 is 2.38 bits per heavy atom. The number of nitro groups is 1. The van der Waals surface area contributed by atoms with E-state index in [0.717, 1.165) is 17.7 Å². The first kappa shape index (κ1) is 27.0. The molecule has 0 saturated carbocycles. The fourth-order valence-electron chi connectivity index (χ4n) is 5.48. The maximum Gasteiger partial charge on any atom is 0.416 e. The minimum absolute atomic E-state index is 0.000744. The Morgan fingerprint density at radius 2 is 1.73 bits per heavy atom. The third-order valence-electron chi connectivity index (χ3n) is 7.20. The van der Waals surface area contributed by atoms with E-state index >= 15 is 0 Å². The summed E-state index contributed by atoms with van der Waals surface area (Å²) in [5.41, 5.74) is 5.83. The quantitative estimate of drug-likeness (QED) is 0.270. The third-order valence-corrected chi connectivity index (χ3v) is 7.52. The summed E-state index contributed by atoms with van der Waals surface area (Å²) < 4.78 is 42.4. The summed E-state index contributed by atoms with van der Waals surface area (Å²) in [5.74, 6) is -2.38. The number of hydrogen-bond donors (Lipinski definition) is 1. The number of rotatable bonds is 4. The van der Waals surface area contributed by atoms with Crippen molar-refractivity contribution in [2.75, 3.05) is 4.90 Å². The lowest BCUT2D eigenvalue weighted by Gasteiger charge is -2.42. The number of alkyl halides is 3. The van der Waals surface area contributed by atoms with Crippen molar-refractivity contribution in [1.29, 1.82) is 5.26 Å². The molecule has 0 fully saturated rings. The van der Waals surface area contributed by atoms with E-state index < -0.39 is 34.1 Å². The first-order valence-electron chi connectivity index (χ1n) is 12.1. The standard InChI is InChI=1S/C29H20ClF3N4O3/c30-22-11-10-18(14-23(22)37(39)40)36-24-12-17(16-6-2-1-3-7-16)13-25(38)27(24)26(20(15-34)28(36)35)19-8-4-5-9-21(19)29(31,32)33/h1-11,14,17,26H,12-13,35H2/t17-,26-/m0/s1. The highest BCUT2D eigenvalue weighted by molar-refractivity contribution is 6.32. The lowest BCUT2D eigenvalue weighted by atomic mass is 9.71. The number of nitriles is 1. The summed E-state index contributed by atoms with van der Waals surface area (Å²) in [6, 6.07) is 19.7. The monoisotopic (exact) mass is 564 g/mol. The number of allylic oxidation sites excluding steroid dienone is 3. The van der Waals surface area contributed by atoms with Crippen LogP contribution in [0, 0.1) is 21.4 Å². The SMILES string of the molecule is N#CC1=C(N)N(c2ccc(Cl)c([N+](=O)[O-])c2)C2=C(C(=O)C[C@@H](c3ccccc3)C2)[C@H]1c1ccccc1C(F)(F)F. The Balaban J connectivity index is 1.79. The van der Waals surface area contributed by atoms with Crippen LogP contribution in [-0.2, 0) is 11.0 Å². The van der Waals surface area contributed by atoms with Crippen molar-refractivity contribution in [2.24, 2.45) is 5.73 Å². The minimum Gasteiger partial charge on any atom is -0.384 e. The lowest BCUT2D eigenvalue weighted by molar-refractivity contribution is -0.384. The molecule has 1 aliphatic carbocycles. The van der Waals surface area contributed by atoms with Crippen LogP contribution in [-0.4, -0.2) is 10.7 Å². The highest BCUT2D eigenvalue weighted by atomic mass is 35.5. The normalized spacial score (nSPS) is 19.4. The van der Waals surface area contributed by atoms with Crippen LogP contribution in [0.5, 0.6) is 0 Å². The molecular formula is C29H20ClF3N4O3. The molecule has 40 heavy (non-hydrogen) atoms. The zero-order chi connectivity index (χ0) is 28.8. The van der Waals surface area contributed by atoms with Gasteiger partial charge in [-0.15, -0.1) is 0 Å². The average molecular weight is 565 g/mol. The van der Waals surface area contributed by atoms with Gasteiger partial charge in [-0.05, 0) is 41.7 Å². The molecule has 0 aromatic heterocycles. The fourth-order valence-corrected chi connectivity index (χ4v) is 5.67. The Bertz CT molecular complexity index is 1640. The molecule has 11 heteroatoms. The number of nitro benzene ring substituents is 1. The highest BCUT2D eigenvalue weighted by Crippen LogP contribution is 2.51. The number of hydrogen-bond acceptors (Lipinski definition) is 6. The van der Waals surface area contributed by atoms with Crippen molar-refractivity contribution >= 4 is 28.8 Å². The molecule has 1 heterocycles. The van der Waals surface area contributed by atoms with Gasteiger partial charge < -0.3 is 5.73 Å². The van der Waals surface area contributed by atoms with Crippen molar-refractivity contribution in [3.05, 3.63) is 127 Å². The van der Waals surface area contributed by atoms with E-state index in [-0.39, 0.29) is 57.7 Å². The van der Waals surface area contributed by atoms with E-state index in [0.29, 0.717) is 0 Å². The lowest BCUT2D eigenvalue weighted by Crippen LogP contribution is -2.40. The van der Waals surface area contributed by atoms with Crippen molar-refractivity contribution in [1.82, 2.24) is 0 Å². The largest absolute Gasteiger partial charge is 0.416 e. The number of nitrogens with zero attached hydrogens (tertiary/aromatic N) is 3. The van der Waals surface area contributed by atoms with Gasteiger partial charge in [0.25, 0.3) is 5.69 Å². The second kappa shape index (κ2) is 10.2. The predicted octanol–water partition coefficient (Wildman–Crippen LogP) is 6.97. The van der Waals surface area contributed by atoms with Crippen molar-refractivity contribution in [3.63, 3.8) is 0 Å². The summed E-state index contributed by atoms with van der Waals surface area (Å²) in [5, 5.41) is 21.7. The number of Topliss-reactive ketones (excluding diaryl/α,β-unsaturated/α-hetero) is 1. The smallest absolute Gasteiger partial charge is 0.384 e. The second-order valence-corrected chi connectivity index (χ2v) is 9.86. The summed E-state index contributed by atoms with van der Waals surface area (Å²) >= 11 is 6.02. The van der Waals surface area contributed by atoms with Gasteiger partial charge in [-0.1, -0.05) is 60.1 Å². The molecule has 2 atom stereocenters. The molecule has 5 rings (SSSR count). The number of carbonyl (C=O) groups excluding carboxylic acids is 1. The summed E-state index contributed by atoms with van der Waals surface area (Å²) in [6.45, 7) is 0. The molecule has 0 radical (unpaired) electrons. The molecule has 0 unspecified atom stereocenters. The topological polar surface area (TPSA) is 113 Å². The summed E-state index contributed by atoms with van der Waals surface area (Å²) in [7, 11) is 0. The molecule has 2 aliphatic rings. The van der Waals surface area contributed by atoms with Crippen molar-refractivity contribution in [2.45, 2.75) is 30.9 Å². The number of anilines is 1. The minimum atomic E-state index is -4.76. The van der Waals surface area contributed by atoms with Gasteiger partial charge in [-0.2, -0.15) is 18.4 Å². The van der Waals surface area contributed by atoms with Crippen molar-refractivity contribution < 1.29 is 22.9 Å². The Kier molecular flexibility index (Phi) is 6.85. The van der Waals surface area contributed by atoms with Crippen LogP contribution in [0.3, 0.4) is 0 Å². The first-order chi connectivity index (χ1) is 19.0. The molecule has 0 spiro atoms. The maximum absolute atomic E-state index is 14.1. The van der Waals surface area contributed by atoms with Crippen LogP contribution in [0.15, 0.2) is 95.5 Å². The molecule has 3 aromatic rings. The van der Waals surface area contributed by atoms with Crippen LogP contribution < -0.4 is 10.6 Å². The van der Waals surface area contributed by atoms with Gasteiger partial charge in [-0.3, -0.25) is 19.8 Å². The average Bonchev–Trinajstić information content (AvgIpc) is 2.92. The first-order valence-corrected chi connectivity index (χ1v) is 12.5. The van der Waals surface area contributed by atoms with Gasteiger partial charge in [0, 0.05) is 23.8 Å². The van der Waals surface area contributed by atoms with E-state index in [1.54, 1.807) is 0 Å². The molecule has 1 aliphatic heterocycles. The molecular weight excluding hydrogens is 545 g/mol. The Hall–Kier alpha value is -4.62. The molecule has 2 N–H and O–H groups in total. The van der Waals surface area contributed by atoms with Gasteiger partial charge in [0.2, 0.25) is 0 Å². The van der Waals surface area contributed by atoms with Gasteiger partial charge in [-0.25, -0.2) is 0 Å². The van der Waals surface area contributed by atoms with Crippen LogP contribution in [0.2, 0.25) is 5.02 Å². The van der Waals surface area contributed by atoms with Gasteiger partial charge in [0.05, 0.1) is 33.7 Å². The molecule has 202 valence electrons. The van der Waals surface area contributed by atoms with Gasteiger partial charge >= 0.3 is 6.18 Å². The van der Waals surface area contributed by atoms with E-state index in [4.69, 9.17) is 17.3 Å². The Morgan fingerprint density at radius 1 is 1.05 bits per heavy atom. The zero-order valence-electron chi connectivity index (χ0n) is 20.7. The second-order valence-electron chi connectivity index (χ2n) is 9.46. The molecule has 0 bridgehead atoms. The highest BCUT2D eigenvalue weighted by Gasteiger charge is 2.46. The summed E-state index contributed by atoms with van der Waals surface area (Å²) in [4.78, 5) is 26.2. The van der Waals surface area contributed by atoms with Crippen LogP contribution in [0.1, 0.15) is 41.4 Å². The van der Waals surface area contributed by atoms with Crippen LogP contribution in [0.4, 0.5) is 24.5 Å². The summed E-state index contributed by atoms with van der Waals surface area (Å²) in [6.07, 6.45) is -4.57. The van der Waals surface area contributed by atoms with E-state index in [1.165, 1.54) is 35.2 Å². The molecule has 0 saturated heterocycles. The van der Waals surface area contributed by atoms with Gasteiger partial charge in [0.15, 0.2) is 5.78 Å². The van der Waals surface area contributed by atoms with Gasteiger partial charge in [0.1, 0.15) is 10.8 Å². The number of nitrogens with two attached hydrogens (primary N) is 1. The predicted molar refractivity (Wildman–Crippen MR) is 142 cm³/mol. The number of halogens is 4. The molecule has 3 aromatic carbocycles. The number of carbonyl (C=O) groups is 1. The number of benzene rings is 3. The van der Waals surface area contributed by atoms with Crippen LogP contribution in [0.25, 0.3) is 0 Å². The fraction of sp³-hybridized carbons (Fsp3) is 0.172. The van der Waals surface area contributed by atoms with E-state index in [1.807, 2.05) is 36.4 Å². The van der Waals surface area contributed by atoms with Crippen LogP contribution >= 0.6 is 11.6 Å². The zero-order valence-corrected chi connectivity index (χ0v) is 21.4. The Labute approximate surface area is 231 Å².